The van der Waals surface area contributed by atoms with E-state index in [9.17, 15) is 4.39 Å². The minimum atomic E-state index is -0.254. The third-order valence-corrected chi connectivity index (χ3v) is 2.71. The van der Waals surface area contributed by atoms with E-state index in [1.807, 2.05) is 42.3 Å². The maximum atomic E-state index is 13.1. The van der Waals surface area contributed by atoms with Crippen molar-refractivity contribution in [1.29, 1.82) is 0 Å². The van der Waals surface area contributed by atoms with Crippen LogP contribution in [-0.4, -0.2) is 7.05 Å². The van der Waals surface area contributed by atoms with Crippen LogP contribution in [0.3, 0.4) is 0 Å². The summed E-state index contributed by atoms with van der Waals surface area (Å²) in [5, 5.41) is 0. The molecule has 0 aromatic heterocycles. The summed E-state index contributed by atoms with van der Waals surface area (Å²) >= 11 is 0. The molecule has 0 saturated heterocycles. The lowest BCUT2D eigenvalue weighted by Gasteiger charge is -2.20. The van der Waals surface area contributed by atoms with Crippen molar-refractivity contribution in [3.8, 4) is 0 Å². The van der Waals surface area contributed by atoms with Crippen molar-refractivity contribution in [2.45, 2.75) is 6.54 Å². The molecule has 2 N–H and O–H groups in total. The molecular weight excluding hydrogens is 215 g/mol. The summed E-state index contributed by atoms with van der Waals surface area (Å²) in [7, 11) is 1.96. The van der Waals surface area contributed by atoms with E-state index in [1.54, 1.807) is 6.07 Å². The Bertz CT molecular complexity index is 497. The first kappa shape index (κ1) is 11.5. The van der Waals surface area contributed by atoms with E-state index < -0.39 is 0 Å². The molecule has 2 aromatic carbocycles. The van der Waals surface area contributed by atoms with E-state index in [0.29, 0.717) is 12.2 Å². The summed E-state index contributed by atoms with van der Waals surface area (Å²) in [4.78, 5) is 2.03. The predicted octanol–water partition coefficient (Wildman–Crippen LogP) is 3.04. The Balaban J connectivity index is 2.18. The molecule has 0 spiro atoms. The SMILES string of the molecule is CN(Cc1cc(F)ccc1N)c1ccccc1. The molecule has 0 aliphatic rings. The lowest BCUT2D eigenvalue weighted by Crippen LogP contribution is -2.17. The van der Waals surface area contributed by atoms with Gasteiger partial charge in [-0.1, -0.05) is 18.2 Å². The number of rotatable bonds is 3. The van der Waals surface area contributed by atoms with E-state index in [1.165, 1.54) is 12.1 Å². The second-order valence-corrected chi connectivity index (χ2v) is 4.03. The molecule has 0 atom stereocenters. The Labute approximate surface area is 100 Å². The van der Waals surface area contributed by atoms with Gasteiger partial charge in [-0.15, -0.1) is 0 Å². The number of nitrogens with two attached hydrogens (primary N) is 1. The molecule has 17 heavy (non-hydrogen) atoms. The van der Waals surface area contributed by atoms with Crippen molar-refractivity contribution < 1.29 is 4.39 Å². The first-order chi connectivity index (χ1) is 8.16. The van der Waals surface area contributed by atoms with E-state index >= 15 is 0 Å². The zero-order valence-corrected chi connectivity index (χ0v) is 9.73. The highest BCUT2D eigenvalue weighted by molar-refractivity contribution is 5.51. The van der Waals surface area contributed by atoms with Crippen molar-refractivity contribution in [1.82, 2.24) is 0 Å². The summed E-state index contributed by atoms with van der Waals surface area (Å²) in [5.74, 6) is -0.254. The van der Waals surface area contributed by atoms with Gasteiger partial charge in [-0.05, 0) is 35.9 Å². The number of benzene rings is 2. The summed E-state index contributed by atoms with van der Waals surface area (Å²) in [6, 6.07) is 14.4. The van der Waals surface area contributed by atoms with Gasteiger partial charge in [-0.3, -0.25) is 0 Å². The highest BCUT2D eigenvalue weighted by atomic mass is 19.1. The van der Waals surface area contributed by atoms with Crippen LogP contribution in [0.2, 0.25) is 0 Å². The van der Waals surface area contributed by atoms with Gasteiger partial charge in [0.25, 0.3) is 0 Å². The molecule has 0 aliphatic carbocycles. The second kappa shape index (κ2) is 4.87. The predicted molar refractivity (Wildman–Crippen MR) is 69.4 cm³/mol. The van der Waals surface area contributed by atoms with Crippen LogP contribution in [0.15, 0.2) is 48.5 Å². The van der Waals surface area contributed by atoms with E-state index in [0.717, 1.165) is 11.3 Å². The molecule has 2 rings (SSSR count). The topological polar surface area (TPSA) is 29.3 Å². The number of anilines is 2. The number of para-hydroxylation sites is 1. The molecule has 2 aromatic rings. The Morgan fingerprint density at radius 1 is 1.12 bits per heavy atom. The minimum Gasteiger partial charge on any atom is -0.398 e. The number of halogens is 1. The monoisotopic (exact) mass is 230 g/mol. The summed E-state index contributed by atoms with van der Waals surface area (Å²) in [6.45, 7) is 0.591. The van der Waals surface area contributed by atoms with Crippen molar-refractivity contribution in [3.63, 3.8) is 0 Å². The molecule has 2 nitrogen and oxygen atoms in total. The number of hydrogen-bond acceptors (Lipinski definition) is 2. The zero-order chi connectivity index (χ0) is 12.3. The highest BCUT2D eigenvalue weighted by Gasteiger charge is 2.05. The average molecular weight is 230 g/mol. The number of nitrogen functional groups attached to an aromatic ring is 1. The van der Waals surface area contributed by atoms with Crippen molar-refractivity contribution >= 4 is 11.4 Å². The lowest BCUT2D eigenvalue weighted by molar-refractivity contribution is 0.625. The molecule has 0 fully saturated rings. The van der Waals surface area contributed by atoms with Crippen LogP contribution in [0, 0.1) is 5.82 Å². The van der Waals surface area contributed by atoms with E-state index in [2.05, 4.69) is 0 Å². The fourth-order valence-corrected chi connectivity index (χ4v) is 1.74. The third kappa shape index (κ3) is 2.75. The normalized spacial score (nSPS) is 10.2. The van der Waals surface area contributed by atoms with Crippen LogP contribution in [0.1, 0.15) is 5.56 Å². The van der Waals surface area contributed by atoms with Crippen LogP contribution >= 0.6 is 0 Å². The molecule has 3 heteroatoms. The fourth-order valence-electron chi connectivity index (χ4n) is 1.74. The Morgan fingerprint density at radius 3 is 2.53 bits per heavy atom. The Hall–Kier alpha value is -2.03. The Kier molecular flexibility index (Phi) is 3.28. The zero-order valence-electron chi connectivity index (χ0n) is 9.73. The molecule has 0 saturated carbocycles. The summed E-state index contributed by atoms with van der Waals surface area (Å²) in [6.07, 6.45) is 0. The van der Waals surface area contributed by atoms with Gasteiger partial charge in [0.1, 0.15) is 5.82 Å². The van der Waals surface area contributed by atoms with Crippen LogP contribution in [0.4, 0.5) is 15.8 Å². The van der Waals surface area contributed by atoms with Gasteiger partial charge in [-0.25, -0.2) is 4.39 Å². The van der Waals surface area contributed by atoms with Crippen LogP contribution < -0.4 is 10.6 Å². The summed E-state index contributed by atoms with van der Waals surface area (Å²) < 4.78 is 13.1. The molecule has 88 valence electrons. The van der Waals surface area contributed by atoms with Crippen LogP contribution in [0.25, 0.3) is 0 Å². The first-order valence-electron chi connectivity index (χ1n) is 5.47. The molecule has 0 aliphatic heterocycles. The quantitative estimate of drug-likeness (QED) is 0.821. The van der Waals surface area contributed by atoms with Crippen LogP contribution in [-0.2, 0) is 6.54 Å². The average Bonchev–Trinajstić information content (AvgIpc) is 2.35. The standard InChI is InChI=1S/C14H15FN2/c1-17(13-5-3-2-4-6-13)10-11-9-12(15)7-8-14(11)16/h2-9H,10,16H2,1H3. The van der Waals surface area contributed by atoms with Crippen molar-refractivity contribution in [3.05, 3.63) is 59.9 Å². The van der Waals surface area contributed by atoms with Gasteiger partial charge in [0.05, 0.1) is 0 Å². The molecule has 0 heterocycles. The van der Waals surface area contributed by atoms with Crippen LogP contribution in [0.5, 0.6) is 0 Å². The largest absolute Gasteiger partial charge is 0.398 e. The van der Waals surface area contributed by atoms with E-state index in [-0.39, 0.29) is 5.82 Å². The fraction of sp³-hybridized carbons (Fsp3) is 0.143. The number of hydrogen-bond donors (Lipinski definition) is 1. The first-order valence-corrected chi connectivity index (χ1v) is 5.47. The lowest BCUT2D eigenvalue weighted by atomic mass is 10.1. The van der Waals surface area contributed by atoms with Gasteiger partial charge in [0.15, 0.2) is 0 Å². The molecule has 0 bridgehead atoms. The minimum absolute atomic E-state index is 0.254. The van der Waals surface area contributed by atoms with Gasteiger partial charge in [0, 0.05) is 25.0 Å². The number of nitrogens with zero attached hydrogens (tertiary/aromatic N) is 1. The highest BCUT2D eigenvalue weighted by Crippen LogP contribution is 2.19. The van der Waals surface area contributed by atoms with Crippen molar-refractivity contribution in [2.24, 2.45) is 0 Å². The van der Waals surface area contributed by atoms with Gasteiger partial charge in [0.2, 0.25) is 0 Å². The molecule has 0 radical (unpaired) electrons. The maximum Gasteiger partial charge on any atom is 0.123 e. The van der Waals surface area contributed by atoms with E-state index in [4.69, 9.17) is 5.73 Å². The van der Waals surface area contributed by atoms with Crippen molar-refractivity contribution in [2.75, 3.05) is 17.7 Å². The van der Waals surface area contributed by atoms with Gasteiger partial charge in [-0.2, -0.15) is 0 Å². The second-order valence-electron chi connectivity index (χ2n) is 4.03. The smallest absolute Gasteiger partial charge is 0.123 e. The third-order valence-electron chi connectivity index (χ3n) is 2.71. The molecule has 0 unspecified atom stereocenters. The van der Waals surface area contributed by atoms with Gasteiger partial charge >= 0.3 is 0 Å². The molecule has 0 amide bonds. The van der Waals surface area contributed by atoms with Gasteiger partial charge < -0.3 is 10.6 Å². The maximum absolute atomic E-state index is 13.1. The summed E-state index contributed by atoms with van der Waals surface area (Å²) in [5.41, 5.74) is 8.32. The molecular formula is C14H15FN2. The Morgan fingerprint density at radius 2 is 1.82 bits per heavy atom.